The molecule has 0 radical (unpaired) electrons. The number of nitrogens with zero attached hydrogens (tertiary/aromatic N) is 2. The van der Waals surface area contributed by atoms with Gasteiger partial charge >= 0.3 is 0 Å². The molecule has 0 aliphatic carbocycles. The summed E-state index contributed by atoms with van der Waals surface area (Å²) in [5.74, 6) is 0. The fraction of sp³-hybridized carbons (Fsp3) is 0. The number of rotatable bonds is 2. The third kappa shape index (κ3) is 4.28. The molecule has 2 aliphatic rings. The Labute approximate surface area is 350 Å². The van der Waals surface area contributed by atoms with E-state index in [0.717, 1.165) is 0 Å². The van der Waals surface area contributed by atoms with Gasteiger partial charge in [0.25, 0.3) is 6.71 Å². The van der Waals surface area contributed by atoms with Gasteiger partial charge in [0, 0.05) is 43.3 Å². The molecule has 60 heavy (non-hydrogen) atoms. The molecule has 3 heterocycles. The number of para-hydroxylation sites is 1. The Morgan fingerprint density at radius 3 is 1.27 bits per heavy atom. The molecular weight excluding hydrogens is 744 g/mol. The average molecular weight is 777 g/mol. The summed E-state index contributed by atoms with van der Waals surface area (Å²) in [6.45, 7) is 0.0859. The van der Waals surface area contributed by atoms with E-state index in [0.29, 0.717) is 0 Å². The van der Waals surface area contributed by atoms with E-state index in [-0.39, 0.29) is 6.71 Å². The Morgan fingerprint density at radius 1 is 0.317 bits per heavy atom. The summed E-state index contributed by atoms with van der Waals surface area (Å²) < 4.78 is 2.70. The van der Waals surface area contributed by atoms with Crippen molar-refractivity contribution in [1.29, 1.82) is 0 Å². The summed E-state index contributed by atoms with van der Waals surface area (Å²) in [7, 11) is 0. The molecule has 0 saturated carbocycles. The summed E-state index contributed by atoms with van der Waals surface area (Å²) in [5, 5.41) is 16.7. The van der Waals surface area contributed by atoms with E-state index < -0.39 is 0 Å². The Morgan fingerprint density at radius 2 is 0.717 bits per heavy atom. The van der Waals surface area contributed by atoms with Crippen LogP contribution < -0.4 is 25.5 Å². The van der Waals surface area contributed by atoms with Crippen LogP contribution in [0, 0.1) is 0 Å². The first-order chi connectivity index (χ1) is 29.8. The normalized spacial score (nSPS) is 13.2. The Balaban J connectivity index is 1.06. The zero-order chi connectivity index (χ0) is 39.1. The summed E-state index contributed by atoms with van der Waals surface area (Å²) in [4.78, 5) is 5.11. The van der Waals surface area contributed by atoms with Gasteiger partial charge in [0.1, 0.15) is 0 Å². The van der Waals surface area contributed by atoms with Gasteiger partial charge in [-0.3, -0.25) is 0 Å². The highest BCUT2D eigenvalue weighted by Gasteiger charge is 2.45. The Kier molecular flexibility index (Phi) is 6.55. The lowest BCUT2D eigenvalue weighted by Gasteiger charge is -2.43. The maximum atomic E-state index is 2.58. The molecule has 0 bridgehead atoms. The smallest absolute Gasteiger partial charge is 0.264 e. The molecule has 0 spiro atoms. The fourth-order valence-corrected chi connectivity index (χ4v) is 12.3. The van der Waals surface area contributed by atoms with Crippen LogP contribution in [0.25, 0.3) is 74.7 Å². The van der Waals surface area contributed by atoms with Gasteiger partial charge in [0.05, 0.1) is 5.69 Å². The molecule has 0 saturated heterocycles. The lowest BCUT2D eigenvalue weighted by atomic mass is 9.36. The first-order valence-electron chi connectivity index (χ1n) is 20.8. The predicted molar refractivity (Wildman–Crippen MR) is 261 cm³/mol. The number of benzene rings is 11. The number of hydrogen-bond acceptors (Lipinski definition) is 3. The quantitative estimate of drug-likeness (QED) is 0.127. The minimum absolute atomic E-state index is 0.0859. The summed E-state index contributed by atoms with van der Waals surface area (Å²) in [6.07, 6.45) is 0. The van der Waals surface area contributed by atoms with Crippen LogP contribution >= 0.6 is 11.3 Å². The van der Waals surface area contributed by atoms with Crippen molar-refractivity contribution in [2.24, 2.45) is 0 Å². The van der Waals surface area contributed by atoms with Crippen LogP contribution in [0.4, 0.5) is 34.1 Å². The number of fused-ring (bicyclic) bond motifs is 18. The van der Waals surface area contributed by atoms with Crippen molar-refractivity contribution in [2.45, 2.75) is 0 Å². The van der Waals surface area contributed by atoms with E-state index in [2.05, 4.69) is 210 Å². The van der Waals surface area contributed by atoms with Crippen LogP contribution in [0.3, 0.4) is 0 Å². The van der Waals surface area contributed by atoms with Crippen molar-refractivity contribution in [3.05, 3.63) is 200 Å². The van der Waals surface area contributed by atoms with E-state index in [4.69, 9.17) is 0 Å². The van der Waals surface area contributed by atoms with Crippen molar-refractivity contribution in [3.63, 3.8) is 0 Å². The van der Waals surface area contributed by atoms with Gasteiger partial charge < -0.3 is 9.80 Å². The van der Waals surface area contributed by atoms with Crippen LogP contribution in [-0.2, 0) is 0 Å². The second kappa shape index (κ2) is 12.1. The maximum absolute atomic E-state index is 2.58. The third-order valence-corrected chi connectivity index (χ3v) is 14.6. The highest BCUT2D eigenvalue weighted by atomic mass is 32.1. The monoisotopic (exact) mass is 776 g/mol. The lowest BCUT2D eigenvalue weighted by molar-refractivity contribution is 1.27. The van der Waals surface area contributed by atoms with E-state index in [1.807, 2.05) is 11.3 Å². The zero-order valence-electron chi connectivity index (χ0n) is 32.4. The maximum Gasteiger partial charge on any atom is 0.264 e. The van der Waals surface area contributed by atoms with E-state index in [1.54, 1.807) is 0 Å². The fourth-order valence-electron chi connectivity index (χ4n) is 10.9. The van der Waals surface area contributed by atoms with Crippen molar-refractivity contribution in [1.82, 2.24) is 0 Å². The molecule has 276 valence electrons. The first-order valence-corrected chi connectivity index (χ1v) is 21.6. The number of anilines is 6. The van der Waals surface area contributed by atoms with Gasteiger partial charge in [-0.1, -0.05) is 152 Å². The molecule has 0 N–H and O–H groups in total. The Bertz CT molecular complexity index is 3760. The van der Waals surface area contributed by atoms with E-state index in [1.165, 1.54) is 125 Å². The molecule has 0 unspecified atom stereocenters. The SMILES string of the molecule is c1ccc2c(c1)B1c3sc4ccccc4c3N(c3ccc4c5ccccc5c5ccccc5c4c3)c3cccc(c31)N2c1ccc2c3ccccc3c3ccccc3c2c1. The van der Waals surface area contributed by atoms with E-state index in [9.17, 15) is 0 Å². The van der Waals surface area contributed by atoms with Gasteiger partial charge in [-0.05, 0) is 124 Å². The molecule has 11 aromatic carbocycles. The van der Waals surface area contributed by atoms with Gasteiger partial charge in [-0.2, -0.15) is 0 Å². The lowest BCUT2D eigenvalue weighted by Crippen LogP contribution is -2.60. The van der Waals surface area contributed by atoms with Crippen molar-refractivity contribution in [3.8, 4) is 0 Å². The predicted octanol–water partition coefficient (Wildman–Crippen LogP) is 13.9. The molecule has 14 rings (SSSR count). The van der Waals surface area contributed by atoms with Crippen molar-refractivity contribution < 1.29 is 0 Å². The molecule has 0 fully saturated rings. The highest BCUT2D eigenvalue weighted by molar-refractivity contribution is 7.33. The molecular formula is C56H33BN2S. The molecule has 0 amide bonds. The highest BCUT2D eigenvalue weighted by Crippen LogP contribution is 2.49. The molecule has 0 atom stereocenters. The molecule has 1 aromatic heterocycles. The van der Waals surface area contributed by atoms with E-state index >= 15 is 0 Å². The largest absolute Gasteiger partial charge is 0.311 e. The van der Waals surface area contributed by atoms with Crippen molar-refractivity contribution in [2.75, 3.05) is 9.80 Å². The van der Waals surface area contributed by atoms with Gasteiger partial charge in [0.15, 0.2) is 0 Å². The zero-order valence-corrected chi connectivity index (χ0v) is 33.2. The molecule has 2 nitrogen and oxygen atoms in total. The van der Waals surface area contributed by atoms with Gasteiger partial charge in [-0.15, -0.1) is 11.3 Å². The van der Waals surface area contributed by atoms with Crippen LogP contribution in [0.15, 0.2) is 200 Å². The van der Waals surface area contributed by atoms with Gasteiger partial charge in [-0.25, -0.2) is 0 Å². The van der Waals surface area contributed by atoms with Crippen LogP contribution in [0.1, 0.15) is 0 Å². The second-order valence-corrected chi connectivity index (χ2v) is 17.4. The standard InChI is InChI=1S/C56H33BN2S/c1-3-18-40-36(14-1)38-16-5-7-20-42(38)47-32-34(28-30-44(40)47)58-50-24-11-10-23-49(50)57-54-51(58)25-13-26-52(54)59(55-46-22-9-12-27-53(46)60-56(55)57)35-29-31-45-41-19-4-2-15-37(41)39-17-6-8-21-43(39)48(45)33-35/h1-33H. The number of hydrogen-bond donors (Lipinski definition) is 0. The Hall–Kier alpha value is -7.40. The summed E-state index contributed by atoms with van der Waals surface area (Å²) in [6, 6.07) is 74.9. The summed E-state index contributed by atoms with van der Waals surface area (Å²) in [5.41, 5.74) is 10.0. The van der Waals surface area contributed by atoms with Crippen LogP contribution in [0.5, 0.6) is 0 Å². The first kappa shape index (κ1) is 32.5. The van der Waals surface area contributed by atoms with Crippen molar-refractivity contribution >= 4 is 143 Å². The average Bonchev–Trinajstić information content (AvgIpc) is 3.70. The van der Waals surface area contributed by atoms with Crippen LogP contribution in [-0.4, -0.2) is 6.71 Å². The minimum atomic E-state index is 0.0859. The minimum Gasteiger partial charge on any atom is -0.311 e. The van der Waals surface area contributed by atoms with Crippen LogP contribution in [0.2, 0.25) is 0 Å². The topological polar surface area (TPSA) is 6.48 Å². The third-order valence-electron chi connectivity index (χ3n) is 13.4. The number of thiophene rings is 1. The van der Waals surface area contributed by atoms with Gasteiger partial charge in [0.2, 0.25) is 0 Å². The summed E-state index contributed by atoms with van der Waals surface area (Å²) >= 11 is 1.95. The second-order valence-electron chi connectivity index (χ2n) is 16.3. The molecule has 12 aromatic rings. The molecule has 4 heteroatoms. The molecule has 2 aliphatic heterocycles.